The van der Waals surface area contributed by atoms with Crippen LogP contribution in [0.25, 0.3) is 0 Å². The van der Waals surface area contributed by atoms with Crippen LogP contribution in [0.2, 0.25) is 5.02 Å². The third kappa shape index (κ3) is 3.07. The molecule has 15 heavy (non-hydrogen) atoms. The lowest BCUT2D eigenvalue weighted by Crippen LogP contribution is -2.20. The molecule has 0 spiro atoms. The first-order valence-electron chi connectivity index (χ1n) is 3.99. The zero-order valence-electron chi connectivity index (χ0n) is 7.91. The van der Waals surface area contributed by atoms with E-state index in [1.807, 2.05) is 0 Å². The number of hydrogen-bond donors (Lipinski definition) is 2. The minimum absolute atomic E-state index is 0.0578. The number of hydrogen-bond acceptors (Lipinski definition) is 3. The predicted octanol–water partition coefficient (Wildman–Crippen LogP) is 1.78. The number of ether oxygens (including phenoxy) is 1. The van der Waals surface area contributed by atoms with Crippen molar-refractivity contribution in [3.63, 3.8) is 0 Å². The maximum atomic E-state index is 11.3. The van der Waals surface area contributed by atoms with Gasteiger partial charge in [-0.15, -0.1) is 0 Å². The van der Waals surface area contributed by atoms with Crippen molar-refractivity contribution in [3.8, 4) is 0 Å². The highest BCUT2D eigenvalue weighted by Gasteiger charge is 2.12. The minimum atomic E-state index is -0.481. The molecule has 0 unspecified atom stereocenters. The molecule has 1 aromatic carbocycles. The number of anilines is 1. The van der Waals surface area contributed by atoms with Gasteiger partial charge in [0.15, 0.2) is 5.11 Å². The molecule has 3 N–H and O–H groups in total. The number of halogens is 1. The molecule has 0 saturated carbocycles. The lowest BCUT2D eigenvalue weighted by Gasteiger charge is -2.09. The molecular formula is C9H9ClN2O2S. The topological polar surface area (TPSA) is 64.3 Å². The van der Waals surface area contributed by atoms with E-state index in [4.69, 9.17) is 17.3 Å². The molecule has 0 aliphatic heterocycles. The molecule has 0 aromatic heterocycles. The Labute approximate surface area is 97.4 Å². The Balaban J connectivity index is 3.13. The number of thiocarbonyl (C=S) groups is 1. The first-order chi connectivity index (χ1) is 7.04. The summed E-state index contributed by atoms with van der Waals surface area (Å²) >= 11 is 10.4. The summed E-state index contributed by atoms with van der Waals surface area (Å²) in [5.74, 6) is -0.481. The van der Waals surface area contributed by atoms with E-state index in [0.29, 0.717) is 16.3 Å². The number of carbonyl (C=O) groups is 1. The molecule has 0 radical (unpaired) electrons. The average molecular weight is 245 g/mol. The molecule has 80 valence electrons. The summed E-state index contributed by atoms with van der Waals surface area (Å²) in [5.41, 5.74) is 6.07. The molecule has 0 aliphatic carbocycles. The number of nitrogens with one attached hydrogen (secondary N) is 1. The fraction of sp³-hybridized carbons (Fsp3) is 0.111. The third-order valence-corrected chi connectivity index (χ3v) is 1.98. The molecule has 4 nitrogen and oxygen atoms in total. The van der Waals surface area contributed by atoms with Gasteiger partial charge in [0.2, 0.25) is 0 Å². The second kappa shape index (κ2) is 4.95. The molecule has 6 heteroatoms. The van der Waals surface area contributed by atoms with Gasteiger partial charge in [0.1, 0.15) is 0 Å². The highest BCUT2D eigenvalue weighted by atomic mass is 35.5. The fourth-order valence-corrected chi connectivity index (χ4v) is 1.32. The molecule has 0 amide bonds. The second-order valence-corrected chi connectivity index (χ2v) is 3.55. The molecule has 0 saturated heterocycles. The average Bonchev–Trinajstić information content (AvgIpc) is 2.16. The van der Waals surface area contributed by atoms with E-state index >= 15 is 0 Å². The number of esters is 1. The number of nitrogens with two attached hydrogens (primary N) is 1. The predicted molar refractivity (Wildman–Crippen MR) is 63.2 cm³/mol. The van der Waals surface area contributed by atoms with Crippen LogP contribution in [0.3, 0.4) is 0 Å². The fourth-order valence-electron chi connectivity index (χ4n) is 1.04. The summed E-state index contributed by atoms with van der Waals surface area (Å²) in [6, 6.07) is 4.67. The second-order valence-electron chi connectivity index (χ2n) is 2.67. The molecule has 1 aromatic rings. The van der Waals surface area contributed by atoms with Crippen LogP contribution in [-0.4, -0.2) is 18.2 Å². The number of benzene rings is 1. The normalized spacial score (nSPS) is 9.47. The number of rotatable bonds is 2. The number of carbonyl (C=O) groups excluding carboxylic acids is 1. The van der Waals surface area contributed by atoms with Gasteiger partial charge in [0.25, 0.3) is 0 Å². The molecular weight excluding hydrogens is 236 g/mol. The van der Waals surface area contributed by atoms with Gasteiger partial charge in [-0.3, -0.25) is 0 Å². The summed E-state index contributed by atoms with van der Waals surface area (Å²) in [6.07, 6.45) is 0. The van der Waals surface area contributed by atoms with Crippen molar-refractivity contribution < 1.29 is 9.53 Å². The summed E-state index contributed by atoms with van der Waals surface area (Å²) < 4.78 is 4.59. The molecule has 0 heterocycles. The smallest absolute Gasteiger partial charge is 0.339 e. The van der Waals surface area contributed by atoms with Crippen LogP contribution in [0.5, 0.6) is 0 Å². The van der Waals surface area contributed by atoms with Crippen LogP contribution in [0.4, 0.5) is 5.69 Å². The largest absolute Gasteiger partial charge is 0.465 e. The van der Waals surface area contributed by atoms with Crippen molar-refractivity contribution in [3.05, 3.63) is 28.8 Å². The van der Waals surface area contributed by atoms with E-state index in [9.17, 15) is 4.79 Å². The minimum Gasteiger partial charge on any atom is -0.465 e. The first-order valence-corrected chi connectivity index (χ1v) is 4.77. The van der Waals surface area contributed by atoms with E-state index in [1.54, 1.807) is 12.1 Å². The van der Waals surface area contributed by atoms with E-state index in [2.05, 4.69) is 22.3 Å². The van der Waals surface area contributed by atoms with Gasteiger partial charge in [0, 0.05) is 5.02 Å². The van der Waals surface area contributed by atoms with E-state index in [-0.39, 0.29) is 5.11 Å². The van der Waals surface area contributed by atoms with Crippen LogP contribution in [0, 0.1) is 0 Å². The van der Waals surface area contributed by atoms with Crippen molar-refractivity contribution in [2.24, 2.45) is 5.73 Å². The molecule has 0 fully saturated rings. The van der Waals surface area contributed by atoms with Crippen molar-refractivity contribution in [1.29, 1.82) is 0 Å². The van der Waals surface area contributed by atoms with Gasteiger partial charge in [-0.2, -0.15) is 0 Å². The standard InChI is InChI=1S/C9H9ClN2O2S/c1-14-8(13)6-3-2-5(10)4-7(6)12-9(11)15/h2-4H,1H3,(H3,11,12,15). The van der Waals surface area contributed by atoms with Gasteiger partial charge < -0.3 is 15.8 Å². The molecule has 1 rings (SSSR count). The van der Waals surface area contributed by atoms with Crippen LogP contribution in [0.15, 0.2) is 18.2 Å². The summed E-state index contributed by atoms with van der Waals surface area (Å²) in [5, 5.41) is 3.18. The number of methoxy groups -OCH3 is 1. The Hall–Kier alpha value is -1.33. The Morgan fingerprint density at radius 2 is 2.27 bits per heavy atom. The summed E-state index contributed by atoms with van der Waals surface area (Å²) in [6.45, 7) is 0. The zero-order chi connectivity index (χ0) is 11.4. The molecule has 0 atom stereocenters. The van der Waals surface area contributed by atoms with Gasteiger partial charge in [-0.25, -0.2) is 4.79 Å². The van der Waals surface area contributed by atoms with Crippen molar-refractivity contribution in [2.75, 3.05) is 12.4 Å². The first kappa shape index (κ1) is 11.7. The lowest BCUT2D eigenvalue weighted by atomic mass is 10.2. The maximum Gasteiger partial charge on any atom is 0.339 e. The lowest BCUT2D eigenvalue weighted by molar-refractivity contribution is 0.0602. The van der Waals surface area contributed by atoms with Crippen LogP contribution >= 0.6 is 23.8 Å². The van der Waals surface area contributed by atoms with Crippen molar-refractivity contribution in [1.82, 2.24) is 0 Å². The molecule has 0 bridgehead atoms. The molecule has 0 aliphatic rings. The third-order valence-electron chi connectivity index (χ3n) is 1.64. The van der Waals surface area contributed by atoms with E-state index < -0.39 is 5.97 Å². The Kier molecular flexibility index (Phi) is 3.88. The summed E-state index contributed by atoms with van der Waals surface area (Å²) in [7, 11) is 1.29. The van der Waals surface area contributed by atoms with E-state index in [1.165, 1.54) is 13.2 Å². The quantitative estimate of drug-likeness (QED) is 0.613. The zero-order valence-corrected chi connectivity index (χ0v) is 9.48. The van der Waals surface area contributed by atoms with E-state index in [0.717, 1.165) is 0 Å². The Morgan fingerprint density at radius 1 is 1.60 bits per heavy atom. The maximum absolute atomic E-state index is 11.3. The van der Waals surface area contributed by atoms with Gasteiger partial charge >= 0.3 is 5.97 Å². The highest BCUT2D eigenvalue weighted by Crippen LogP contribution is 2.21. The van der Waals surface area contributed by atoms with Crippen molar-refractivity contribution >= 4 is 40.6 Å². The Morgan fingerprint density at radius 3 is 2.80 bits per heavy atom. The van der Waals surface area contributed by atoms with Gasteiger partial charge in [-0.1, -0.05) is 11.6 Å². The SMILES string of the molecule is COC(=O)c1ccc(Cl)cc1NC(N)=S. The monoisotopic (exact) mass is 244 g/mol. The Bertz CT molecular complexity index is 409. The van der Waals surface area contributed by atoms with Crippen LogP contribution in [0.1, 0.15) is 10.4 Å². The van der Waals surface area contributed by atoms with Crippen LogP contribution in [-0.2, 0) is 4.74 Å². The highest BCUT2D eigenvalue weighted by molar-refractivity contribution is 7.80. The van der Waals surface area contributed by atoms with Crippen molar-refractivity contribution in [2.45, 2.75) is 0 Å². The van der Waals surface area contributed by atoms with Crippen LogP contribution < -0.4 is 11.1 Å². The van der Waals surface area contributed by atoms with Gasteiger partial charge in [-0.05, 0) is 30.4 Å². The summed E-state index contributed by atoms with van der Waals surface area (Å²) in [4.78, 5) is 11.3. The van der Waals surface area contributed by atoms with Gasteiger partial charge in [0.05, 0.1) is 18.4 Å².